The molecule has 3 nitrogen and oxygen atoms in total. The maximum atomic E-state index is 13.4. The van der Waals surface area contributed by atoms with Crippen LogP contribution in [0.15, 0.2) is 84.1 Å². The predicted octanol–water partition coefficient (Wildman–Crippen LogP) is 6.11. The monoisotopic (exact) mass is 398 g/mol. The standard InChI is InChI=1S/C26H23FN2O/c1-16-6-8-18(9-7-16)26-25-23(28-21-4-2-3-5-22(21)29-26)14-19(15-24(25)30)17-10-12-20(27)13-11-17/h2-13,19,26,28-29H,14-15H2,1H3. The molecule has 0 aromatic heterocycles. The molecule has 0 saturated heterocycles. The van der Waals surface area contributed by atoms with Crippen molar-refractivity contribution >= 4 is 17.2 Å². The van der Waals surface area contributed by atoms with Crippen LogP contribution >= 0.6 is 0 Å². The highest BCUT2D eigenvalue weighted by Crippen LogP contribution is 2.44. The van der Waals surface area contributed by atoms with Crippen molar-refractivity contribution in [3.63, 3.8) is 0 Å². The summed E-state index contributed by atoms with van der Waals surface area (Å²) in [6, 6.07) is 22.7. The quantitative estimate of drug-likeness (QED) is 0.547. The lowest BCUT2D eigenvalue weighted by molar-refractivity contribution is -0.116. The van der Waals surface area contributed by atoms with Crippen molar-refractivity contribution in [2.75, 3.05) is 10.6 Å². The number of benzene rings is 3. The first-order valence-electron chi connectivity index (χ1n) is 10.3. The molecule has 0 radical (unpaired) electrons. The van der Waals surface area contributed by atoms with E-state index in [9.17, 15) is 9.18 Å². The third-order valence-electron chi connectivity index (χ3n) is 6.06. The van der Waals surface area contributed by atoms with Crippen LogP contribution in [-0.2, 0) is 4.79 Å². The molecule has 0 bridgehead atoms. The molecule has 150 valence electrons. The summed E-state index contributed by atoms with van der Waals surface area (Å²) in [5.41, 5.74) is 6.94. The average molecular weight is 398 g/mol. The van der Waals surface area contributed by atoms with Crippen molar-refractivity contribution < 1.29 is 9.18 Å². The zero-order valence-corrected chi connectivity index (χ0v) is 16.8. The van der Waals surface area contributed by atoms with E-state index in [1.807, 2.05) is 24.3 Å². The molecule has 3 aromatic carbocycles. The molecule has 0 saturated carbocycles. The van der Waals surface area contributed by atoms with E-state index < -0.39 is 0 Å². The van der Waals surface area contributed by atoms with Gasteiger partial charge in [0, 0.05) is 17.7 Å². The summed E-state index contributed by atoms with van der Waals surface area (Å²) in [7, 11) is 0. The van der Waals surface area contributed by atoms with Crippen LogP contribution in [0.5, 0.6) is 0 Å². The van der Waals surface area contributed by atoms with E-state index in [4.69, 9.17) is 0 Å². The summed E-state index contributed by atoms with van der Waals surface area (Å²) in [5.74, 6) is -0.0943. The molecule has 5 rings (SSSR count). The first-order valence-corrected chi connectivity index (χ1v) is 10.3. The van der Waals surface area contributed by atoms with Gasteiger partial charge in [-0.15, -0.1) is 0 Å². The van der Waals surface area contributed by atoms with Gasteiger partial charge in [-0.05, 0) is 54.7 Å². The molecular weight excluding hydrogens is 375 g/mol. The highest BCUT2D eigenvalue weighted by atomic mass is 19.1. The molecule has 0 spiro atoms. The van der Waals surface area contributed by atoms with Crippen molar-refractivity contribution in [2.24, 2.45) is 0 Å². The van der Waals surface area contributed by atoms with Gasteiger partial charge in [-0.1, -0.05) is 54.1 Å². The van der Waals surface area contributed by atoms with Crippen molar-refractivity contribution in [3.05, 3.63) is 107 Å². The number of halogens is 1. The topological polar surface area (TPSA) is 41.1 Å². The number of fused-ring (bicyclic) bond motifs is 1. The van der Waals surface area contributed by atoms with Gasteiger partial charge >= 0.3 is 0 Å². The number of carbonyl (C=O) groups is 1. The maximum absolute atomic E-state index is 13.4. The number of para-hydroxylation sites is 2. The fourth-order valence-corrected chi connectivity index (χ4v) is 4.47. The minimum Gasteiger partial charge on any atom is -0.372 e. The Labute approximate surface area is 175 Å². The van der Waals surface area contributed by atoms with Gasteiger partial charge in [0.05, 0.1) is 17.4 Å². The minimum absolute atomic E-state index is 0.0354. The highest BCUT2D eigenvalue weighted by Gasteiger charge is 2.35. The van der Waals surface area contributed by atoms with Gasteiger partial charge < -0.3 is 10.6 Å². The number of Topliss-reactive ketones (excluding diaryl/α,β-unsaturated/α-hetero) is 1. The number of ketones is 1. The second kappa shape index (κ2) is 7.45. The van der Waals surface area contributed by atoms with E-state index in [0.29, 0.717) is 12.8 Å². The molecule has 30 heavy (non-hydrogen) atoms. The molecule has 1 heterocycles. The van der Waals surface area contributed by atoms with E-state index >= 15 is 0 Å². The van der Waals surface area contributed by atoms with Crippen LogP contribution in [0.3, 0.4) is 0 Å². The number of anilines is 2. The van der Waals surface area contributed by atoms with E-state index in [0.717, 1.165) is 33.8 Å². The van der Waals surface area contributed by atoms with Gasteiger partial charge in [-0.2, -0.15) is 0 Å². The second-order valence-electron chi connectivity index (χ2n) is 8.13. The van der Waals surface area contributed by atoms with Gasteiger partial charge in [0.25, 0.3) is 0 Å². The predicted molar refractivity (Wildman–Crippen MR) is 118 cm³/mol. The number of hydrogen-bond donors (Lipinski definition) is 2. The Morgan fingerprint density at radius 3 is 2.23 bits per heavy atom. The Bertz CT molecular complexity index is 1130. The smallest absolute Gasteiger partial charge is 0.163 e. The van der Waals surface area contributed by atoms with Crippen LogP contribution < -0.4 is 10.6 Å². The van der Waals surface area contributed by atoms with Gasteiger partial charge in [0.1, 0.15) is 5.82 Å². The van der Waals surface area contributed by atoms with Gasteiger partial charge in [0.2, 0.25) is 0 Å². The van der Waals surface area contributed by atoms with E-state index in [1.165, 1.54) is 17.7 Å². The Morgan fingerprint density at radius 2 is 1.50 bits per heavy atom. The largest absolute Gasteiger partial charge is 0.372 e. The van der Waals surface area contributed by atoms with Crippen LogP contribution in [0.1, 0.15) is 41.5 Å². The number of nitrogens with one attached hydrogen (secondary N) is 2. The van der Waals surface area contributed by atoms with Crippen molar-refractivity contribution in [3.8, 4) is 0 Å². The number of carbonyl (C=O) groups excluding carboxylic acids is 1. The highest BCUT2D eigenvalue weighted by molar-refractivity contribution is 6.01. The summed E-state index contributed by atoms with van der Waals surface area (Å²) < 4.78 is 13.4. The molecule has 2 unspecified atom stereocenters. The molecule has 2 N–H and O–H groups in total. The lowest BCUT2D eigenvalue weighted by atomic mass is 9.78. The molecule has 1 aliphatic carbocycles. The number of allylic oxidation sites excluding steroid dienone is 1. The molecule has 4 heteroatoms. The molecule has 2 atom stereocenters. The minimum atomic E-state index is -0.258. The van der Waals surface area contributed by atoms with Crippen molar-refractivity contribution in [2.45, 2.75) is 31.7 Å². The third-order valence-corrected chi connectivity index (χ3v) is 6.06. The summed E-state index contributed by atoms with van der Waals surface area (Å²) in [6.07, 6.45) is 1.14. The number of hydrogen-bond acceptors (Lipinski definition) is 3. The lowest BCUT2D eigenvalue weighted by Gasteiger charge is -2.30. The molecular formula is C26H23FN2O. The zero-order valence-electron chi connectivity index (χ0n) is 16.8. The van der Waals surface area contributed by atoms with Crippen molar-refractivity contribution in [1.29, 1.82) is 0 Å². The van der Waals surface area contributed by atoms with Crippen LogP contribution in [0.2, 0.25) is 0 Å². The summed E-state index contributed by atoms with van der Waals surface area (Å²) >= 11 is 0. The van der Waals surface area contributed by atoms with Crippen LogP contribution in [-0.4, -0.2) is 5.78 Å². The average Bonchev–Trinajstić information content (AvgIpc) is 2.91. The van der Waals surface area contributed by atoms with Gasteiger partial charge in [-0.25, -0.2) is 4.39 Å². The van der Waals surface area contributed by atoms with Crippen LogP contribution in [0.4, 0.5) is 15.8 Å². The van der Waals surface area contributed by atoms with Crippen LogP contribution in [0.25, 0.3) is 0 Å². The Kier molecular flexibility index (Phi) is 4.62. The molecule has 1 aliphatic heterocycles. The Hall–Kier alpha value is -3.40. The maximum Gasteiger partial charge on any atom is 0.163 e. The Balaban J connectivity index is 1.60. The van der Waals surface area contributed by atoms with Gasteiger partial charge in [-0.3, -0.25) is 4.79 Å². The SMILES string of the molecule is Cc1ccc(C2Nc3ccccc3NC3=C2C(=O)CC(c2ccc(F)cc2)C3)cc1. The fraction of sp³-hybridized carbons (Fsp3) is 0.192. The van der Waals surface area contributed by atoms with E-state index in [1.54, 1.807) is 12.1 Å². The van der Waals surface area contributed by atoms with Crippen molar-refractivity contribution in [1.82, 2.24) is 0 Å². The van der Waals surface area contributed by atoms with Crippen LogP contribution in [0, 0.1) is 12.7 Å². The molecule has 3 aromatic rings. The van der Waals surface area contributed by atoms with E-state index in [-0.39, 0.29) is 23.6 Å². The molecule has 0 fully saturated rings. The first-order chi connectivity index (χ1) is 14.6. The number of aryl methyl sites for hydroxylation is 1. The summed E-state index contributed by atoms with van der Waals surface area (Å²) in [4.78, 5) is 13.4. The first kappa shape index (κ1) is 18.6. The van der Waals surface area contributed by atoms with E-state index in [2.05, 4.69) is 41.8 Å². The second-order valence-corrected chi connectivity index (χ2v) is 8.13. The zero-order chi connectivity index (χ0) is 20.7. The summed E-state index contributed by atoms with van der Waals surface area (Å²) in [5, 5.41) is 7.13. The normalized spacial score (nSPS) is 20.5. The lowest BCUT2D eigenvalue weighted by Crippen LogP contribution is -2.26. The fourth-order valence-electron chi connectivity index (χ4n) is 4.47. The summed E-state index contributed by atoms with van der Waals surface area (Å²) in [6.45, 7) is 2.06. The Morgan fingerprint density at radius 1 is 0.833 bits per heavy atom. The number of rotatable bonds is 2. The molecule has 0 amide bonds. The third kappa shape index (κ3) is 3.39. The molecule has 2 aliphatic rings. The van der Waals surface area contributed by atoms with Gasteiger partial charge in [0.15, 0.2) is 5.78 Å².